The standard InChI is InChI=1S/C24H22ClF2N3O4/c1-28-22-4-2-3-15(29-22)9-10-34-16-7-5-14(6-8-16)11-21(24(32)33)30-23(31)17-12-19(26)20(27)13-18(17)25/h2-8,12-13,21H,9-11H2,1H3,(H,28,29)(H,30,31)(H,32,33)/t21-/m0/s1. The van der Waals surface area contributed by atoms with Gasteiger partial charge in [-0.2, -0.15) is 0 Å². The summed E-state index contributed by atoms with van der Waals surface area (Å²) in [5, 5.41) is 14.4. The van der Waals surface area contributed by atoms with Crippen molar-refractivity contribution >= 4 is 29.3 Å². The molecule has 3 rings (SSSR count). The Hall–Kier alpha value is -3.72. The fraction of sp³-hybridized carbons (Fsp3) is 0.208. The predicted molar refractivity (Wildman–Crippen MR) is 123 cm³/mol. The number of hydrogen-bond donors (Lipinski definition) is 3. The van der Waals surface area contributed by atoms with Crippen LogP contribution in [0.4, 0.5) is 14.6 Å². The molecule has 2 aromatic carbocycles. The number of carbonyl (C=O) groups excluding carboxylic acids is 1. The molecule has 0 radical (unpaired) electrons. The molecular formula is C24H22ClF2N3O4. The van der Waals surface area contributed by atoms with Crippen LogP contribution < -0.4 is 15.4 Å². The number of pyridine rings is 1. The molecule has 0 aliphatic rings. The number of rotatable bonds is 10. The Labute approximate surface area is 199 Å². The van der Waals surface area contributed by atoms with Gasteiger partial charge in [0.2, 0.25) is 0 Å². The summed E-state index contributed by atoms with van der Waals surface area (Å²) in [5.41, 5.74) is 1.15. The SMILES string of the molecule is CNc1cccc(CCOc2ccc(C[C@H](NC(=O)c3cc(F)c(F)cc3Cl)C(=O)O)cc2)n1. The van der Waals surface area contributed by atoms with E-state index >= 15 is 0 Å². The zero-order chi connectivity index (χ0) is 24.7. The van der Waals surface area contributed by atoms with Gasteiger partial charge in [0.25, 0.3) is 5.91 Å². The molecule has 0 fully saturated rings. The van der Waals surface area contributed by atoms with Gasteiger partial charge in [-0.1, -0.05) is 29.8 Å². The molecule has 0 bridgehead atoms. The Morgan fingerprint density at radius 3 is 2.50 bits per heavy atom. The molecule has 3 aromatic rings. The monoisotopic (exact) mass is 489 g/mol. The number of ether oxygens (including phenoxy) is 1. The Morgan fingerprint density at radius 1 is 1.12 bits per heavy atom. The number of nitrogens with one attached hydrogen (secondary N) is 2. The number of anilines is 1. The molecule has 0 spiro atoms. The quantitative estimate of drug-likeness (QED) is 0.371. The van der Waals surface area contributed by atoms with E-state index in [1.165, 1.54) is 0 Å². The van der Waals surface area contributed by atoms with Crippen LogP contribution in [0.2, 0.25) is 5.02 Å². The van der Waals surface area contributed by atoms with Crippen LogP contribution in [0.5, 0.6) is 5.75 Å². The molecule has 0 aliphatic carbocycles. The van der Waals surface area contributed by atoms with Crippen LogP contribution in [0.1, 0.15) is 21.6 Å². The van der Waals surface area contributed by atoms with Crippen LogP contribution in [-0.2, 0) is 17.6 Å². The number of carboxylic acids is 1. The highest BCUT2D eigenvalue weighted by Gasteiger charge is 2.23. The van der Waals surface area contributed by atoms with Crippen LogP contribution in [0.15, 0.2) is 54.6 Å². The zero-order valence-electron chi connectivity index (χ0n) is 18.1. The average Bonchev–Trinajstić information content (AvgIpc) is 2.82. The van der Waals surface area contributed by atoms with E-state index in [9.17, 15) is 23.5 Å². The molecular weight excluding hydrogens is 468 g/mol. The topological polar surface area (TPSA) is 101 Å². The van der Waals surface area contributed by atoms with Crippen LogP contribution in [0.3, 0.4) is 0 Å². The fourth-order valence-electron chi connectivity index (χ4n) is 3.12. The summed E-state index contributed by atoms with van der Waals surface area (Å²) in [4.78, 5) is 28.5. The van der Waals surface area contributed by atoms with E-state index < -0.39 is 29.6 Å². The lowest BCUT2D eigenvalue weighted by atomic mass is 10.0. The van der Waals surface area contributed by atoms with E-state index in [0.29, 0.717) is 36.5 Å². The van der Waals surface area contributed by atoms with Crippen LogP contribution in [0, 0.1) is 11.6 Å². The molecule has 10 heteroatoms. The number of nitrogens with zero attached hydrogens (tertiary/aromatic N) is 1. The highest BCUT2D eigenvalue weighted by Crippen LogP contribution is 2.20. The minimum atomic E-state index is -1.31. The van der Waals surface area contributed by atoms with Crippen LogP contribution >= 0.6 is 11.6 Å². The summed E-state index contributed by atoms with van der Waals surface area (Å²) in [6.07, 6.45) is 0.570. The molecule has 1 atom stereocenters. The van der Waals surface area contributed by atoms with Crippen molar-refractivity contribution in [2.75, 3.05) is 19.0 Å². The number of aliphatic carboxylic acids is 1. The zero-order valence-corrected chi connectivity index (χ0v) is 18.9. The van der Waals surface area contributed by atoms with Crippen LogP contribution in [-0.4, -0.2) is 41.7 Å². The van der Waals surface area contributed by atoms with Gasteiger partial charge in [-0.05, 0) is 42.0 Å². The third kappa shape index (κ3) is 6.64. The summed E-state index contributed by atoms with van der Waals surface area (Å²) in [7, 11) is 1.79. The van der Waals surface area contributed by atoms with E-state index in [2.05, 4.69) is 15.6 Å². The van der Waals surface area contributed by atoms with Gasteiger partial charge >= 0.3 is 5.97 Å². The van der Waals surface area contributed by atoms with E-state index in [1.54, 1.807) is 31.3 Å². The minimum absolute atomic E-state index is 0.0383. The number of hydrogen-bond acceptors (Lipinski definition) is 5. The maximum atomic E-state index is 13.5. The third-order valence-electron chi connectivity index (χ3n) is 4.91. The summed E-state index contributed by atoms with van der Waals surface area (Å²) < 4.78 is 32.4. The van der Waals surface area contributed by atoms with Crippen LogP contribution in [0.25, 0.3) is 0 Å². The molecule has 0 aliphatic heterocycles. The smallest absolute Gasteiger partial charge is 0.326 e. The van der Waals surface area contributed by atoms with Gasteiger partial charge in [-0.3, -0.25) is 4.79 Å². The van der Waals surface area contributed by atoms with Crippen molar-refractivity contribution in [3.05, 3.63) is 88.1 Å². The molecule has 0 unspecified atom stereocenters. The number of aromatic nitrogens is 1. The second kappa shape index (κ2) is 11.4. The van der Waals surface area contributed by atoms with Crippen molar-refractivity contribution in [2.45, 2.75) is 18.9 Å². The molecule has 1 heterocycles. The first kappa shape index (κ1) is 24.9. The summed E-state index contributed by atoms with van der Waals surface area (Å²) in [6.45, 7) is 0.405. The maximum Gasteiger partial charge on any atom is 0.326 e. The van der Waals surface area contributed by atoms with Gasteiger partial charge in [0.1, 0.15) is 17.6 Å². The number of carbonyl (C=O) groups is 2. The first-order valence-electron chi connectivity index (χ1n) is 10.3. The first-order chi connectivity index (χ1) is 16.3. The largest absolute Gasteiger partial charge is 0.493 e. The third-order valence-corrected chi connectivity index (χ3v) is 5.22. The van der Waals surface area contributed by atoms with Gasteiger partial charge in [0.05, 0.1) is 17.2 Å². The Bertz CT molecular complexity index is 1180. The highest BCUT2D eigenvalue weighted by molar-refractivity contribution is 6.33. The first-order valence-corrected chi connectivity index (χ1v) is 10.7. The maximum absolute atomic E-state index is 13.5. The molecule has 34 heavy (non-hydrogen) atoms. The van der Waals surface area contributed by atoms with Crippen molar-refractivity contribution in [3.63, 3.8) is 0 Å². The van der Waals surface area contributed by atoms with Crippen molar-refractivity contribution in [2.24, 2.45) is 0 Å². The molecule has 0 saturated carbocycles. The normalized spacial score (nSPS) is 11.5. The summed E-state index contributed by atoms with van der Waals surface area (Å²) in [5.74, 6) is -3.31. The van der Waals surface area contributed by atoms with Crippen molar-refractivity contribution in [1.82, 2.24) is 10.3 Å². The Balaban J connectivity index is 1.58. The minimum Gasteiger partial charge on any atom is -0.493 e. The summed E-state index contributed by atoms with van der Waals surface area (Å²) >= 11 is 5.80. The molecule has 1 amide bonds. The summed E-state index contributed by atoms with van der Waals surface area (Å²) in [6, 6.07) is 12.4. The highest BCUT2D eigenvalue weighted by atomic mass is 35.5. The number of halogens is 3. The van der Waals surface area contributed by atoms with E-state index in [1.807, 2.05) is 18.2 Å². The fourth-order valence-corrected chi connectivity index (χ4v) is 3.36. The van der Waals surface area contributed by atoms with E-state index in [0.717, 1.165) is 11.5 Å². The van der Waals surface area contributed by atoms with E-state index in [-0.39, 0.29) is 17.0 Å². The average molecular weight is 490 g/mol. The molecule has 3 N–H and O–H groups in total. The van der Waals surface area contributed by atoms with Gasteiger partial charge < -0.3 is 20.5 Å². The van der Waals surface area contributed by atoms with Gasteiger partial charge in [-0.15, -0.1) is 0 Å². The predicted octanol–water partition coefficient (Wildman–Crippen LogP) is 4.10. The molecule has 178 valence electrons. The molecule has 1 aromatic heterocycles. The van der Waals surface area contributed by atoms with Gasteiger partial charge in [0.15, 0.2) is 11.6 Å². The lowest BCUT2D eigenvalue weighted by molar-refractivity contribution is -0.139. The Morgan fingerprint density at radius 2 is 1.82 bits per heavy atom. The number of benzene rings is 2. The number of amides is 1. The van der Waals surface area contributed by atoms with Crippen molar-refractivity contribution < 1.29 is 28.2 Å². The van der Waals surface area contributed by atoms with Crippen molar-refractivity contribution in [3.8, 4) is 5.75 Å². The number of carboxylic acid groups (broad SMARTS) is 1. The van der Waals surface area contributed by atoms with E-state index in [4.69, 9.17) is 16.3 Å². The second-order valence-corrected chi connectivity index (χ2v) is 7.73. The second-order valence-electron chi connectivity index (χ2n) is 7.32. The molecule has 7 nitrogen and oxygen atoms in total. The van der Waals surface area contributed by atoms with Gasteiger partial charge in [0, 0.05) is 25.6 Å². The van der Waals surface area contributed by atoms with Gasteiger partial charge in [-0.25, -0.2) is 18.6 Å². The molecule has 0 saturated heterocycles. The Kier molecular flexibility index (Phi) is 8.37. The van der Waals surface area contributed by atoms with Crippen molar-refractivity contribution in [1.29, 1.82) is 0 Å². The lowest BCUT2D eigenvalue weighted by Crippen LogP contribution is -2.42. The lowest BCUT2D eigenvalue weighted by Gasteiger charge is -2.16.